The molecule has 192 valence electrons. The van der Waals surface area contributed by atoms with Crippen LogP contribution in [0.3, 0.4) is 0 Å². The molecule has 0 aromatic heterocycles. The average Bonchev–Trinajstić information content (AvgIpc) is 3.17. The van der Waals surface area contributed by atoms with Gasteiger partial charge in [0.15, 0.2) is 0 Å². The number of benzene rings is 1. The summed E-state index contributed by atoms with van der Waals surface area (Å²) in [5.41, 5.74) is 1.05. The maximum Gasteiger partial charge on any atom is 0.247 e. The van der Waals surface area contributed by atoms with Crippen molar-refractivity contribution in [3.63, 3.8) is 0 Å². The molecule has 1 N–H and O–H groups in total. The van der Waals surface area contributed by atoms with Crippen LogP contribution in [-0.4, -0.2) is 85.8 Å². The number of fused-ring (bicyclic) bond motifs is 2. The van der Waals surface area contributed by atoms with E-state index in [-0.39, 0.29) is 35.6 Å². The summed E-state index contributed by atoms with van der Waals surface area (Å²) in [5, 5.41) is 9.17. The Bertz CT molecular complexity index is 1070. The van der Waals surface area contributed by atoms with E-state index in [9.17, 15) is 19.5 Å². The van der Waals surface area contributed by atoms with Gasteiger partial charge in [0.25, 0.3) is 0 Å². The number of hydrogen-bond donors (Lipinski definition) is 1. The van der Waals surface area contributed by atoms with Crippen LogP contribution in [0.5, 0.6) is 0 Å². The Labute approximate surface area is 217 Å². The zero-order valence-electron chi connectivity index (χ0n) is 21.0. The van der Waals surface area contributed by atoms with E-state index in [1.54, 1.807) is 16.7 Å². The van der Waals surface area contributed by atoms with Crippen LogP contribution in [0.1, 0.15) is 32.3 Å². The largest absolute Gasteiger partial charge is 0.396 e. The van der Waals surface area contributed by atoms with Crippen molar-refractivity contribution < 1.29 is 19.5 Å². The summed E-state index contributed by atoms with van der Waals surface area (Å²) >= 11 is 1.62. The Morgan fingerprint density at radius 3 is 2.53 bits per heavy atom. The van der Waals surface area contributed by atoms with Crippen molar-refractivity contribution >= 4 is 29.5 Å². The fourth-order valence-electron chi connectivity index (χ4n) is 6.25. The van der Waals surface area contributed by atoms with Gasteiger partial charge >= 0.3 is 0 Å². The van der Waals surface area contributed by atoms with Crippen LogP contribution in [0.25, 0.3) is 0 Å². The van der Waals surface area contributed by atoms with Gasteiger partial charge in [-0.05, 0) is 32.3 Å². The molecule has 2 fully saturated rings. The molecule has 5 atom stereocenters. The molecule has 1 aromatic rings. The molecule has 7 nitrogen and oxygen atoms in total. The lowest BCUT2D eigenvalue weighted by Crippen LogP contribution is -2.54. The Hall–Kier alpha value is -2.58. The van der Waals surface area contributed by atoms with Crippen LogP contribution < -0.4 is 0 Å². The van der Waals surface area contributed by atoms with E-state index in [0.717, 1.165) is 5.56 Å². The molecule has 0 radical (unpaired) electrons. The average molecular weight is 510 g/mol. The summed E-state index contributed by atoms with van der Waals surface area (Å²) in [6.45, 7) is 5.94. The van der Waals surface area contributed by atoms with E-state index < -0.39 is 22.6 Å². The standard InChI is InChI=1S/C28H35N3O4S/c1-19(2)30-16-9-13-28-23(26(34)31(15-6-7-17-32)24(28)27(30)35)22-21(36-28)12-8-14-29(25(22)33)18-20-10-4-3-5-11-20/h3-5,8-13,19,21-24,32H,6-7,14-18H2,1-2H3/t21-,22+,23+,24?,28+/m1/s1. The van der Waals surface area contributed by atoms with Crippen molar-refractivity contribution in [3.05, 3.63) is 60.2 Å². The molecule has 2 saturated heterocycles. The minimum Gasteiger partial charge on any atom is -0.396 e. The number of amides is 3. The number of likely N-dealkylation sites (tertiary alicyclic amines) is 1. The normalized spacial score (nSPS) is 31.6. The first-order chi connectivity index (χ1) is 17.4. The minimum absolute atomic E-state index is 0.00511. The van der Waals surface area contributed by atoms with Gasteiger partial charge in [0, 0.05) is 44.1 Å². The number of rotatable bonds is 7. The monoisotopic (exact) mass is 509 g/mol. The van der Waals surface area contributed by atoms with Gasteiger partial charge < -0.3 is 19.8 Å². The smallest absolute Gasteiger partial charge is 0.247 e. The lowest BCUT2D eigenvalue weighted by molar-refractivity contribution is -0.145. The summed E-state index contributed by atoms with van der Waals surface area (Å²) in [6.07, 6.45) is 9.38. The highest BCUT2D eigenvalue weighted by Crippen LogP contribution is 2.61. The van der Waals surface area contributed by atoms with E-state index >= 15 is 0 Å². The second-order valence-electron chi connectivity index (χ2n) is 10.4. The summed E-state index contributed by atoms with van der Waals surface area (Å²) in [7, 11) is 0. The third-order valence-corrected chi connectivity index (χ3v) is 9.66. The molecule has 8 heteroatoms. The third-order valence-electron chi connectivity index (χ3n) is 7.92. The lowest BCUT2D eigenvalue weighted by Gasteiger charge is -2.36. The predicted molar refractivity (Wildman–Crippen MR) is 140 cm³/mol. The highest BCUT2D eigenvalue weighted by molar-refractivity contribution is 8.02. The minimum atomic E-state index is -0.776. The molecular weight excluding hydrogens is 474 g/mol. The SMILES string of the molecule is CC(C)N1CC=C[C@]23S[C@@H]4C=CCN(Cc5ccccc5)C(=O)[C@@H]4[C@H]2C(=O)N(CCCCO)C3C1=O. The Morgan fingerprint density at radius 2 is 1.81 bits per heavy atom. The maximum atomic E-state index is 14.1. The number of unbranched alkanes of at least 4 members (excludes halogenated alkanes) is 1. The molecule has 4 aliphatic rings. The number of aliphatic hydroxyl groups excluding tert-OH is 1. The van der Waals surface area contributed by atoms with E-state index in [0.29, 0.717) is 39.0 Å². The summed E-state index contributed by atoms with van der Waals surface area (Å²) in [6, 6.07) is 9.28. The van der Waals surface area contributed by atoms with Crippen molar-refractivity contribution in [3.8, 4) is 0 Å². The van der Waals surface area contributed by atoms with Crippen molar-refractivity contribution in [1.82, 2.24) is 14.7 Å². The van der Waals surface area contributed by atoms with Crippen molar-refractivity contribution in [2.24, 2.45) is 11.8 Å². The van der Waals surface area contributed by atoms with Gasteiger partial charge in [-0.3, -0.25) is 14.4 Å². The van der Waals surface area contributed by atoms with Gasteiger partial charge in [0.1, 0.15) is 6.04 Å². The van der Waals surface area contributed by atoms with Crippen molar-refractivity contribution in [2.75, 3.05) is 26.2 Å². The van der Waals surface area contributed by atoms with Crippen LogP contribution in [-0.2, 0) is 20.9 Å². The fourth-order valence-corrected chi connectivity index (χ4v) is 8.26. The first-order valence-corrected chi connectivity index (χ1v) is 13.8. The van der Waals surface area contributed by atoms with Crippen molar-refractivity contribution in [2.45, 2.75) is 55.3 Å². The Balaban J connectivity index is 1.53. The van der Waals surface area contributed by atoms with Gasteiger partial charge in [-0.1, -0.05) is 54.6 Å². The first-order valence-electron chi connectivity index (χ1n) is 13.0. The maximum absolute atomic E-state index is 14.1. The van der Waals surface area contributed by atoms with Crippen LogP contribution in [0.15, 0.2) is 54.6 Å². The first kappa shape index (κ1) is 25.1. The van der Waals surface area contributed by atoms with E-state index in [1.165, 1.54) is 0 Å². The molecular formula is C28H35N3O4S. The van der Waals surface area contributed by atoms with Crippen LogP contribution in [0.4, 0.5) is 0 Å². The highest BCUT2D eigenvalue weighted by Gasteiger charge is 2.70. The Morgan fingerprint density at radius 1 is 1.03 bits per heavy atom. The molecule has 3 amide bonds. The highest BCUT2D eigenvalue weighted by atomic mass is 32.2. The summed E-state index contributed by atoms with van der Waals surface area (Å²) in [5.74, 6) is -1.27. The lowest BCUT2D eigenvalue weighted by atomic mass is 9.78. The summed E-state index contributed by atoms with van der Waals surface area (Å²) < 4.78 is -0.776. The second kappa shape index (κ2) is 10.1. The number of carbonyl (C=O) groups excluding carboxylic acids is 3. The number of aliphatic hydroxyl groups is 1. The van der Waals surface area contributed by atoms with Gasteiger partial charge in [-0.25, -0.2) is 0 Å². The molecule has 36 heavy (non-hydrogen) atoms. The summed E-state index contributed by atoms with van der Waals surface area (Å²) in [4.78, 5) is 47.5. The molecule has 4 aliphatic heterocycles. The van der Waals surface area contributed by atoms with Crippen LogP contribution in [0.2, 0.25) is 0 Å². The van der Waals surface area contributed by atoms with Crippen molar-refractivity contribution in [1.29, 1.82) is 0 Å². The number of thioether (sulfide) groups is 1. The molecule has 0 aliphatic carbocycles. The number of nitrogens with zero attached hydrogens (tertiary/aromatic N) is 3. The van der Waals surface area contributed by atoms with Gasteiger partial charge in [0.05, 0.1) is 16.6 Å². The van der Waals surface area contributed by atoms with E-state index in [1.807, 2.05) is 66.1 Å². The van der Waals surface area contributed by atoms with E-state index in [2.05, 4.69) is 12.2 Å². The molecule has 1 unspecified atom stereocenters. The molecule has 1 aromatic carbocycles. The quantitative estimate of drug-likeness (QED) is 0.451. The van der Waals surface area contributed by atoms with E-state index in [4.69, 9.17) is 0 Å². The molecule has 1 spiro atoms. The zero-order chi connectivity index (χ0) is 25.4. The predicted octanol–water partition coefficient (Wildman–Crippen LogP) is 2.46. The van der Waals surface area contributed by atoms with Gasteiger partial charge in [0.2, 0.25) is 17.7 Å². The molecule has 5 rings (SSSR count). The molecule has 4 heterocycles. The third kappa shape index (κ3) is 4.08. The second-order valence-corrected chi connectivity index (χ2v) is 11.9. The molecule has 0 bridgehead atoms. The number of carbonyl (C=O) groups is 3. The topological polar surface area (TPSA) is 81.2 Å². The van der Waals surface area contributed by atoms with Gasteiger partial charge in [-0.15, -0.1) is 11.8 Å². The fraction of sp³-hybridized carbons (Fsp3) is 0.536. The molecule has 0 saturated carbocycles. The van der Waals surface area contributed by atoms with Crippen LogP contribution in [0, 0.1) is 11.8 Å². The van der Waals surface area contributed by atoms with Gasteiger partial charge in [-0.2, -0.15) is 0 Å². The number of hydrogen-bond acceptors (Lipinski definition) is 5. The Kier molecular flexibility index (Phi) is 7.01. The zero-order valence-corrected chi connectivity index (χ0v) is 21.8. The van der Waals surface area contributed by atoms with Crippen LogP contribution >= 0.6 is 11.8 Å².